The first-order valence-electron chi connectivity index (χ1n) is 13.1. The molecular formula is C28H35N3O6. The molecule has 5 rings (SSSR count). The number of morpholine rings is 1. The van der Waals surface area contributed by atoms with Crippen molar-refractivity contribution in [2.45, 2.75) is 63.1 Å². The standard InChI is InChI=1S/C28H35N3O6/c1-2-37-26-10-18(28(35)31-20-11-22(32)12-21(31)16-36-15-20)7-8-23(26)27(34)30-14-25(33)24-9-17-5-3-4-6-19(17)13-29-24/h3-8,10,20-22,24-25,29,32-33H,2,9,11-16H2,1H3,(H,30,34). The van der Waals surface area contributed by atoms with Crippen LogP contribution in [0.5, 0.6) is 5.75 Å². The summed E-state index contributed by atoms with van der Waals surface area (Å²) in [5, 5.41) is 27.0. The third-order valence-corrected chi connectivity index (χ3v) is 7.55. The summed E-state index contributed by atoms with van der Waals surface area (Å²) in [5.74, 6) is -0.204. The Morgan fingerprint density at radius 3 is 2.62 bits per heavy atom. The Kier molecular flexibility index (Phi) is 7.76. The third-order valence-electron chi connectivity index (χ3n) is 7.55. The van der Waals surface area contributed by atoms with E-state index in [-0.39, 0.29) is 36.5 Å². The van der Waals surface area contributed by atoms with Gasteiger partial charge < -0.3 is 35.2 Å². The van der Waals surface area contributed by atoms with E-state index in [1.807, 2.05) is 24.0 Å². The molecule has 9 nitrogen and oxygen atoms in total. The number of nitrogens with one attached hydrogen (secondary N) is 2. The van der Waals surface area contributed by atoms with Gasteiger partial charge in [-0.1, -0.05) is 24.3 Å². The van der Waals surface area contributed by atoms with Crippen molar-refractivity contribution in [3.8, 4) is 5.75 Å². The van der Waals surface area contributed by atoms with Gasteiger partial charge in [0.25, 0.3) is 11.8 Å². The van der Waals surface area contributed by atoms with Gasteiger partial charge >= 0.3 is 0 Å². The van der Waals surface area contributed by atoms with E-state index in [0.717, 1.165) is 0 Å². The van der Waals surface area contributed by atoms with E-state index in [1.54, 1.807) is 18.2 Å². The summed E-state index contributed by atoms with van der Waals surface area (Å²) in [4.78, 5) is 28.3. The van der Waals surface area contributed by atoms with E-state index < -0.39 is 12.2 Å². The Morgan fingerprint density at radius 1 is 1.16 bits per heavy atom. The third kappa shape index (κ3) is 5.50. The van der Waals surface area contributed by atoms with Crippen molar-refractivity contribution in [1.29, 1.82) is 0 Å². The van der Waals surface area contributed by atoms with Gasteiger partial charge in [0.1, 0.15) is 5.75 Å². The van der Waals surface area contributed by atoms with Crippen LogP contribution in [0.1, 0.15) is 51.6 Å². The molecule has 37 heavy (non-hydrogen) atoms. The van der Waals surface area contributed by atoms with Crippen molar-refractivity contribution in [2.24, 2.45) is 0 Å². The molecule has 198 valence electrons. The fourth-order valence-corrected chi connectivity index (χ4v) is 5.67. The highest BCUT2D eigenvalue weighted by Crippen LogP contribution is 2.31. The van der Waals surface area contributed by atoms with Crippen LogP contribution in [0.4, 0.5) is 0 Å². The smallest absolute Gasteiger partial charge is 0.255 e. The topological polar surface area (TPSA) is 120 Å². The molecule has 3 aliphatic heterocycles. The molecule has 2 aromatic carbocycles. The normalized spacial score (nSPS) is 25.6. The summed E-state index contributed by atoms with van der Waals surface area (Å²) in [5.41, 5.74) is 3.17. The van der Waals surface area contributed by atoms with Gasteiger partial charge in [-0.05, 0) is 55.5 Å². The number of carbonyl (C=O) groups is 2. The zero-order chi connectivity index (χ0) is 25.9. The monoisotopic (exact) mass is 509 g/mol. The van der Waals surface area contributed by atoms with Gasteiger partial charge in [0.05, 0.1) is 49.7 Å². The van der Waals surface area contributed by atoms with Gasteiger partial charge in [-0.2, -0.15) is 0 Å². The van der Waals surface area contributed by atoms with Crippen LogP contribution in [0.2, 0.25) is 0 Å². The number of nitrogens with zero attached hydrogens (tertiary/aromatic N) is 1. The highest BCUT2D eigenvalue weighted by atomic mass is 16.5. The SMILES string of the molecule is CCOc1cc(C(=O)N2C3COCC2CC(O)C3)ccc1C(=O)NCC(O)C1Cc2ccccc2CN1. The zero-order valence-electron chi connectivity index (χ0n) is 21.1. The lowest BCUT2D eigenvalue weighted by molar-refractivity contribution is -0.0871. The second-order valence-corrected chi connectivity index (χ2v) is 10.1. The van der Waals surface area contributed by atoms with Gasteiger partial charge in [-0.3, -0.25) is 9.59 Å². The summed E-state index contributed by atoms with van der Waals surface area (Å²) in [6.45, 7) is 3.73. The van der Waals surface area contributed by atoms with Crippen LogP contribution in [-0.4, -0.2) is 83.6 Å². The van der Waals surface area contributed by atoms with Crippen molar-refractivity contribution in [2.75, 3.05) is 26.4 Å². The van der Waals surface area contributed by atoms with Crippen LogP contribution in [-0.2, 0) is 17.7 Å². The summed E-state index contributed by atoms with van der Waals surface area (Å²) >= 11 is 0. The first-order valence-corrected chi connectivity index (χ1v) is 13.1. The maximum absolute atomic E-state index is 13.4. The molecule has 9 heteroatoms. The number of amides is 2. The van der Waals surface area contributed by atoms with Gasteiger partial charge in [-0.25, -0.2) is 0 Å². The first kappa shape index (κ1) is 25.7. The highest BCUT2D eigenvalue weighted by Gasteiger charge is 2.41. The molecule has 0 spiro atoms. The van der Waals surface area contributed by atoms with Gasteiger partial charge in [-0.15, -0.1) is 0 Å². The van der Waals surface area contributed by atoms with E-state index >= 15 is 0 Å². The van der Waals surface area contributed by atoms with Crippen LogP contribution in [0.25, 0.3) is 0 Å². The molecule has 3 heterocycles. The first-order chi connectivity index (χ1) is 17.9. The highest BCUT2D eigenvalue weighted by molar-refractivity contribution is 6.00. The molecule has 0 saturated carbocycles. The molecule has 2 amide bonds. The predicted molar refractivity (Wildman–Crippen MR) is 137 cm³/mol. The fraction of sp³-hybridized carbons (Fsp3) is 0.500. The molecule has 2 saturated heterocycles. The number of hydrogen-bond donors (Lipinski definition) is 4. The Labute approximate surface area is 216 Å². The predicted octanol–water partition coefficient (Wildman–Crippen LogP) is 1.25. The number of ether oxygens (including phenoxy) is 2. The van der Waals surface area contributed by atoms with Crippen molar-refractivity contribution < 1.29 is 29.3 Å². The zero-order valence-corrected chi connectivity index (χ0v) is 21.1. The van der Waals surface area contributed by atoms with Gasteiger partial charge in [0.15, 0.2) is 0 Å². The number of rotatable bonds is 7. The van der Waals surface area contributed by atoms with Gasteiger partial charge in [0.2, 0.25) is 0 Å². The maximum Gasteiger partial charge on any atom is 0.255 e. The molecule has 0 aromatic heterocycles. The lowest BCUT2D eigenvalue weighted by atomic mass is 9.91. The summed E-state index contributed by atoms with van der Waals surface area (Å²) in [6.07, 6.45) is 0.483. The Balaban J connectivity index is 1.25. The quantitative estimate of drug-likeness (QED) is 0.444. The van der Waals surface area contributed by atoms with E-state index in [9.17, 15) is 19.8 Å². The van der Waals surface area contributed by atoms with E-state index in [2.05, 4.69) is 22.8 Å². The molecule has 2 aromatic rings. The van der Waals surface area contributed by atoms with Crippen LogP contribution >= 0.6 is 0 Å². The minimum atomic E-state index is -0.759. The Morgan fingerprint density at radius 2 is 1.89 bits per heavy atom. The number of fused-ring (bicyclic) bond motifs is 3. The molecule has 4 atom stereocenters. The average Bonchev–Trinajstić information content (AvgIpc) is 2.90. The van der Waals surface area contributed by atoms with Crippen molar-refractivity contribution in [3.05, 3.63) is 64.7 Å². The summed E-state index contributed by atoms with van der Waals surface area (Å²) < 4.78 is 11.4. The second-order valence-electron chi connectivity index (χ2n) is 10.1. The molecular weight excluding hydrogens is 474 g/mol. The fourth-order valence-electron chi connectivity index (χ4n) is 5.67. The average molecular weight is 510 g/mol. The largest absolute Gasteiger partial charge is 0.493 e. The maximum atomic E-state index is 13.4. The Hall–Kier alpha value is -2.98. The number of benzene rings is 2. The van der Waals surface area contributed by atoms with Gasteiger partial charge in [0, 0.05) is 24.7 Å². The van der Waals surface area contributed by atoms with Crippen molar-refractivity contribution in [1.82, 2.24) is 15.5 Å². The molecule has 2 bridgehead atoms. The van der Waals surface area contributed by atoms with Crippen LogP contribution in [0.3, 0.4) is 0 Å². The summed E-state index contributed by atoms with van der Waals surface area (Å²) in [6, 6.07) is 12.5. The second kappa shape index (κ2) is 11.2. The van der Waals surface area contributed by atoms with Crippen LogP contribution in [0.15, 0.2) is 42.5 Å². The van der Waals surface area contributed by atoms with Crippen molar-refractivity contribution >= 4 is 11.8 Å². The molecule has 3 aliphatic rings. The number of aliphatic hydroxyl groups excluding tert-OH is 2. The molecule has 4 N–H and O–H groups in total. The lowest BCUT2D eigenvalue weighted by Gasteiger charge is -2.47. The molecule has 0 radical (unpaired) electrons. The number of aliphatic hydroxyl groups is 2. The molecule has 0 aliphatic carbocycles. The molecule has 4 unspecified atom stereocenters. The summed E-state index contributed by atoms with van der Waals surface area (Å²) in [7, 11) is 0. The van der Waals surface area contributed by atoms with Crippen LogP contribution in [0, 0.1) is 0 Å². The number of piperidine rings is 1. The van der Waals surface area contributed by atoms with E-state index in [4.69, 9.17) is 9.47 Å². The molecule has 2 fully saturated rings. The van der Waals surface area contributed by atoms with Crippen LogP contribution < -0.4 is 15.4 Å². The Bertz CT molecular complexity index is 1130. The number of carbonyl (C=O) groups excluding carboxylic acids is 2. The lowest BCUT2D eigenvalue weighted by Crippen LogP contribution is -2.60. The van der Waals surface area contributed by atoms with E-state index in [0.29, 0.717) is 62.5 Å². The minimum Gasteiger partial charge on any atom is -0.493 e. The van der Waals surface area contributed by atoms with E-state index in [1.165, 1.54) is 11.1 Å². The minimum absolute atomic E-state index is 0.0877. The van der Waals surface area contributed by atoms with Crippen molar-refractivity contribution in [3.63, 3.8) is 0 Å². The number of hydrogen-bond acceptors (Lipinski definition) is 7.